The molecular formula is C17H26FN3O2. The number of anilines is 2. The van der Waals surface area contributed by atoms with E-state index in [1.54, 1.807) is 6.07 Å². The van der Waals surface area contributed by atoms with Gasteiger partial charge in [-0.2, -0.15) is 0 Å². The average Bonchev–Trinajstić information content (AvgIpc) is 3.00. The Balaban J connectivity index is 2.02. The van der Waals surface area contributed by atoms with E-state index in [-0.39, 0.29) is 30.4 Å². The highest BCUT2D eigenvalue weighted by Gasteiger charge is 2.17. The number of rotatable bonds is 6. The molecule has 0 radical (unpaired) electrons. The number of hydrogen-bond donors (Lipinski definition) is 3. The molecule has 0 bridgehead atoms. The van der Waals surface area contributed by atoms with Crippen molar-refractivity contribution in [3.63, 3.8) is 0 Å². The van der Waals surface area contributed by atoms with Crippen molar-refractivity contribution in [1.82, 2.24) is 5.32 Å². The fraction of sp³-hybridized carbons (Fsp3) is 0.588. The number of nitrogens with zero attached hydrogens (tertiary/aromatic N) is 1. The van der Waals surface area contributed by atoms with Crippen molar-refractivity contribution < 1.29 is 14.3 Å². The quantitative estimate of drug-likeness (QED) is 0.754. The Bertz CT molecular complexity index is 531. The first-order chi connectivity index (χ1) is 11.0. The van der Waals surface area contributed by atoms with Crippen LogP contribution < -0.4 is 15.5 Å². The number of aliphatic hydroxyl groups excluding tert-OH is 1. The molecule has 0 unspecified atom stereocenters. The number of nitrogens with one attached hydrogen (secondary N) is 2. The van der Waals surface area contributed by atoms with Crippen molar-refractivity contribution in [2.24, 2.45) is 5.92 Å². The summed E-state index contributed by atoms with van der Waals surface area (Å²) in [5, 5.41) is 14.6. The minimum atomic E-state index is -0.380. The summed E-state index contributed by atoms with van der Waals surface area (Å²) in [6, 6.07) is 4.11. The van der Waals surface area contributed by atoms with Gasteiger partial charge in [-0.1, -0.05) is 13.8 Å². The number of hydrogen-bond acceptors (Lipinski definition) is 3. The molecule has 1 aliphatic rings. The van der Waals surface area contributed by atoms with Crippen molar-refractivity contribution in [2.45, 2.75) is 39.2 Å². The Morgan fingerprint density at radius 3 is 2.61 bits per heavy atom. The molecule has 1 aromatic rings. The summed E-state index contributed by atoms with van der Waals surface area (Å²) < 4.78 is 13.8. The zero-order valence-electron chi connectivity index (χ0n) is 13.8. The molecule has 1 aliphatic heterocycles. The van der Waals surface area contributed by atoms with Gasteiger partial charge in [-0.3, -0.25) is 0 Å². The Morgan fingerprint density at radius 1 is 1.30 bits per heavy atom. The van der Waals surface area contributed by atoms with E-state index in [0.717, 1.165) is 31.6 Å². The van der Waals surface area contributed by atoms with E-state index < -0.39 is 0 Å². The van der Waals surface area contributed by atoms with Crippen molar-refractivity contribution in [2.75, 3.05) is 29.9 Å². The molecule has 5 nitrogen and oxygen atoms in total. The van der Waals surface area contributed by atoms with Crippen LogP contribution in [-0.4, -0.2) is 36.9 Å². The molecule has 0 saturated carbocycles. The second-order valence-corrected chi connectivity index (χ2v) is 6.35. The molecule has 0 aliphatic carbocycles. The summed E-state index contributed by atoms with van der Waals surface area (Å²) in [5.74, 6) is -0.152. The van der Waals surface area contributed by atoms with Gasteiger partial charge in [-0.15, -0.1) is 0 Å². The van der Waals surface area contributed by atoms with E-state index in [0.29, 0.717) is 12.1 Å². The minimum Gasteiger partial charge on any atom is -0.396 e. The zero-order chi connectivity index (χ0) is 16.8. The Morgan fingerprint density at radius 2 is 2.00 bits per heavy atom. The van der Waals surface area contributed by atoms with Crippen LogP contribution in [0.5, 0.6) is 0 Å². The van der Waals surface area contributed by atoms with Crippen LogP contribution in [0.1, 0.15) is 33.1 Å². The van der Waals surface area contributed by atoms with Crippen molar-refractivity contribution >= 4 is 17.4 Å². The second-order valence-electron chi connectivity index (χ2n) is 6.35. The summed E-state index contributed by atoms with van der Waals surface area (Å²) in [7, 11) is 0. The molecule has 1 aromatic carbocycles. The fourth-order valence-electron chi connectivity index (χ4n) is 2.85. The number of amides is 2. The van der Waals surface area contributed by atoms with Gasteiger partial charge in [-0.25, -0.2) is 9.18 Å². The Labute approximate surface area is 136 Å². The van der Waals surface area contributed by atoms with Crippen molar-refractivity contribution in [3.05, 3.63) is 24.0 Å². The van der Waals surface area contributed by atoms with Crippen LogP contribution in [0.3, 0.4) is 0 Å². The van der Waals surface area contributed by atoms with Crippen LogP contribution in [0.2, 0.25) is 0 Å². The van der Waals surface area contributed by atoms with Crippen LogP contribution in [-0.2, 0) is 0 Å². The van der Waals surface area contributed by atoms with Gasteiger partial charge in [0.1, 0.15) is 5.82 Å². The van der Waals surface area contributed by atoms with Gasteiger partial charge in [-0.05, 0) is 43.4 Å². The molecule has 1 fully saturated rings. The SMILES string of the molecule is CC(C)[C@@H](CCO)NC(=O)Nc1cc(F)cc(N2CCCC2)c1. The van der Waals surface area contributed by atoms with Crippen molar-refractivity contribution in [1.29, 1.82) is 0 Å². The third kappa shape index (κ3) is 5.10. The number of carbonyl (C=O) groups is 1. The van der Waals surface area contributed by atoms with E-state index >= 15 is 0 Å². The average molecular weight is 323 g/mol. The van der Waals surface area contributed by atoms with Crippen LogP contribution in [0.4, 0.5) is 20.6 Å². The molecular weight excluding hydrogens is 297 g/mol. The van der Waals surface area contributed by atoms with E-state index in [1.807, 2.05) is 13.8 Å². The Kier molecular flexibility index (Phi) is 6.21. The lowest BCUT2D eigenvalue weighted by Crippen LogP contribution is -2.41. The highest BCUT2D eigenvalue weighted by molar-refractivity contribution is 5.90. The molecule has 128 valence electrons. The number of benzene rings is 1. The molecule has 6 heteroatoms. The van der Waals surface area contributed by atoms with Crippen LogP contribution in [0, 0.1) is 11.7 Å². The van der Waals surface area contributed by atoms with Gasteiger partial charge in [0.2, 0.25) is 0 Å². The lowest BCUT2D eigenvalue weighted by Gasteiger charge is -2.22. The van der Waals surface area contributed by atoms with Gasteiger partial charge < -0.3 is 20.6 Å². The van der Waals surface area contributed by atoms with Crippen molar-refractivity contribution in [3.8, 4) is 0 Å². The maximum absolute atomic E-state index is 13.8. The number of urea groups is 1. The standard InChI is InChI=1S/C17H26FN3O2/c1-12(2)16(5-8-22)20-17(23)19-14-9-13(18)10-15(11-14)21-6-3-4-7-21/h9-12,16,22H,3-8H2,1-2H3,(H2,19,20,23)/t16-/m1/s1. The topological polar surface area (TPSA) is 64.6 Å². The maximum atomic E-state index is 13.8. The Hall–Kier alpha value is -1.82. The van der Waals surface area contributed by atoms with Gasteiger partial charge in [0, 0.05) is 37.1 Å². The lowest BCUT2D eigenvalue weighted by atomic mass is 10.0. The highest BCUT2D eigenvalue weighted by atomic mass is 19.1. The predicted octanol–water partition coefficient (Wildman–Crippen LogP) is 2.95. The number of halogens is 1. The first-order valence-electron chi connectivity index (χ1n) is 8.23. The molecule has 2 rings (SSSR count). The van der Waals surface area contributed by atoms with Gasteiger partial charge in [0.05, 0.1) is 0 Å². The third-order valence-electron chi connectivity index (χ3n) is 4.17. The minimum absolute atomic E-state index is 0.0161. The number of aliphatic hydroxyl groups is 1. The largest absolute Gasteiger partial charge is 0.396 e. The molecule has 23 heavy (non-hydrogen) atoms. The molecule has 1 heterocycles. The van der Waals surface area contributed by atoms with Gasteiger partial charge in [0.15, 0.2) is 0 Å². The van der Waals surface area contributed by atoms with Crippen LogP contribution >= 0.6 is 0 Å². The van der Waals surface area contributed by atoms with E-state index in [4.69, 9.17) is 5.11 Å². The summed E-state index contributed by atoms with van der Waals surface area (Å²) in [6.07, 6.45) is 2.71. The normalized spacial score (nSPS) is 15.8. The smallest absolute Gasteiger partial charge is 0.319 e. The third-order valence-corrected chi connectivity index (χ3v) is 4.17. The van der Waals surface area contributed by atoms with E-state index in [2.05, 4.69) is 15.5 Å². The highest BCUT2D eigenvalue weighted by Crippen LogP contribution is 2.25. The van der Waals surface area contributed by atoms with Crippen LogP contribution in [0.25, 0.3) is 0 Å². The lowest BCUT2D eigenvalue weighted by molar-refractivity contribution is 0.227. The van der Waals surface area contributed by atoms with Crippen LogP contribution in [0.15, 0.2) is 18.2 Å². The second kappa shape index (κ2) is 8.15. The molecule has 2 amide bonds. The zero-order valence-corrected chi connectivity index (χ0v) is 13.8. The summed E-state index contributed by atoms with van der Waals surface area (Å²) >= 11 is 0. The van der Waals surface area contributed by atoms with Gasteiger partial charge >= 0.3 is 6.03 Å². The molecule has 1 saturated heterocycles. The van der Waals surface area contributed by atoms with E-state index in [1.165, 1.54) is 12.1 Å². The maximum Gasteiger partial charge on any atom is 0.319 e. The number of carbonyl (C=O) groups excluding carboxylic acids is 1. The molecule has 1 atom stereocenters. The summed E-state index contributed by atoms with van der Waals surface area (Å²) in [5.41, 5.74) is 1.24. The van der Waals surface area contributed by atoms with E-state index in [9.17, 15) is 9.18 Å². The predicted molar refractivity (Wildman–Crippen MR) is 90.3 cm³/mol. The fourth-order valence-corrected chi connectivity index (χ4v) is 2.85. The van der Waals surface area contributed by atoms with Gasteiger partial charge in [0.25, 0.3) is 0 Å². The molecule has 3 N–H and O–H groups in total. The molecule has 0 aromatic heterocycles. The molecule has 0 spiro atoms. The summed E-state index contributed by atoms with van der Waals surface area (Å²) in [4.78, 5) is 14.2. The summed E-state index contributed by atoms with van der Waals surface area (Å²) in [6.45, 7) is 5.81. The first kappa shape index (κ1) is 17.5. The first-order valence-corrected chi connectivity index (χ1v) is 8.23. The monoisotopic (exact) mass is 323 g/mol.